The summed E-state index contributed by atoms with van der Waals surface area (Å²) in [5.41, 5.74) is 2.96. The van der Waals surface area contributed by atoms with Crippen LogP contribution in [0.15, 0.2) is 24.3 Å². The van der Waals surface area contributed by atoms with Crippen molar-refractivity contribution in [2.75, 3.05) is 13.1 Å². The Morgan fingerprint density at radius 2 is 1.76 bits per heavy atom. The van der Waals surface area contributed by atoms with E-state index in [4.69, 9.17) is 0 Å². The maximum Gasteiger partial charge on any atom is -0.00171 e. The lowest BCUT2D eigenvalue weighted by atomic mass is 9.87. The monoisotopic (exact) mass is 289 g/mol. The lowest BCUT2D eigenvalue weighted by Gasteiger charge is -2.23. The van der Waals surface area contributed by atoms with E-state index in [1.807, 2.05) is 0 Å². The number of hydrogen-bond acceptors (Lipinski definition) is 1. The van der Waals surface area contributed by atoms with Gasteiger partial charge in [-0.2, -0.15) is 0 Å². The number of nitrogens with one attached hydrogen (secondary N) is 1. The Kier molecular flexibility index (Phi) is 8.68. The van der Waals surface area contributed by atoms with Gasteiger partial charge in [0.15, 0.2) is 0 Å². The second-order valence-corrected chi connectivity index (χ2v) is 7.18. The minimum Gasteiger partial charge on any atom is -0.316 e. The second kappa shape index (κ2) is 10.00. The number of rotatable bonds is 10. The maximum atomic E-state index is 3.67. The zero-order valence-electron chi connectivity index (χ0n) is 14.8. The van der Waals surface area contributed by atoms with Gasteiger partial charge in [-0.25, -0.2) is 0 Å². The molecule has 1 N–H and O–H groups in total. The molecule has 0 aliphatic carbocycles. The molecule has 0 saturated carbocycles. The summed E-state index contributed by atoms with van der Waals surface area (Å²) in [4.78, 5) is 0. The topological polar surface area (TPSA) is 12.0 Å². The quantitative estimate of drug-likeness (QED) is 0.622. The Balaban J connectivity index is 2.60. The molecule has 0 radical (unpaired) electrons. The Bertz CT molecular complexity index is 383. The van der Waals surface area contributed by atoms with Crippen molar-refractivity contribution in [3.63, 3.8) is 0 Å². The highest BCUT2D eigenvalue weighted by atomic mass is 14.9. The van der Waals surface area contributed by atoms with Gasteiger partial charge in [-0.15, -0.1) is 0 Å². The summed E-state index contributed by atoms with van der Waals surface area (Å²) in [6, 6.07) is 8.86. The van der Waals surface area contributed by atoms with E-state index in [-0.39, 0.29) is 0 Å². The Labute approximate surface area is 132 Å². The van der Waals surface area contributed by atoms with E-state index in [1.165, 1.54) is 36.8 Å². The molecule has 0 spiro atoms. The van der Waals surface area contributed by atoms with Crippen LogP contribution in [0.1, 0.15) is 58.1 Å². The number of hydrogen-bond donors (Lipinski definition) is 1. The molecule has 1 nitrogen and oxygen atoms in total. The summed E-state index contributed by atoms with van der Waals surface area (Å²) in [7, 11) is 0. The Morgan fingerprint density at radius 3 is 2.38 bits per heavy atom. The lowest BCUT2D eigenvalue weighted by Crippen LogP contribution is -2.28. The van der Waals surface area contributed by atoms with Crippen LogP contribution < -0.4 is 5.32 Å². The molecule has 0 aliphatic heterocycles. The first kappa shape index (κ1) is 18.2. The first-order valence-electron chi connectivity index (χ1n) is 8.78. The molecule has 0 aliphatic rings. The highest BCUT2D eigenvalue weighted by Crippen LogP contribution is 2.22. The summed E-state index contributed by atoms with van der Waals surface area (Å²) < 4.78 is 0. The summed E-state index contributed by atoms with van der Waals surface area (Å²) in [6.07, 6.45) is 5.21. The van der Waals surface area contributed by atoms with E-state index in [0.29, 0.717) is 0 Å². The van der Waals surface area contributed by atoms with Crippen LogP contribution in [0.2, 0.25) is 0 Å². The molecule has 1 rings (SSSR count). The second-order valence-electron chi connectivity index (χ2n) is 7.18. The van der Waals surface area contributed by atoms with Crippen LogP contribution in [0, 0.1) is 24.7 Å². The molecule has 1 aromatic carbocycles. The normalized spacial score (nSPS) is 14.4. The summed E-state index contributed by atoms with van der Waals surface area (Å²) in [5.74, 6) is 2.33. The van der Waals surface area contributed by atoms with Crippen molar-refractivity contribution in [2.45, 2.75) is 60.3 Å². The largest absolute Gasteiger partial charge is 0.316 e. The van der Waals surface area contributed by atoms with E-state index in [0.717, 1.165) is 30.8 Å². The van der Waals surface area contributed by atoms with Crippen molar-refractivity contribution >= 4 is 0 Å². The van der Waals surface area contributed by atoms with Gasteiger partial charge in [0.25, 0.3) is 0 Å². The van der Waals surface area contributed by atoms with Gasteiger partial charge in [0.2, 0.25) is 0 Å². The first-order valence-corrected chi connectivity index (χ1v) is 8.78. The minimum atomic E-state index is 0.733. The summed E-state index contributed by atoms with van der Waals surface area (Å²) in [6.45, 7) is 13.8. The maximum absolute atomic E-state index is 3.67. The molecule has 0 aromatic heterocycles. The third-order valence-corrected chi connectivity index (χ3v) is 4.27. The lowest BCUT2D eigenvalue weighted by molar-refractivity contribution is 0.348. The van der Waals surface area contributed by atoms with Gasteiger partial charge in [-0.05, 0) is 61.7 Å². The average Bonchev–Trinajstić information content (AvgIpc) is 2.41. The molecule has 1 heteroatoms. The summed E-state index contributed by atoms with van der Waals surface area (Å²) in [5, 5.41) is 3.67. The SMILES string of the molecule is CCCC(C)CC(CNCC(C)C)Cc1ccccc1C. The van der Waals surface area contributed by atoms with Gasteiger partial charge < -0.3 is 5.32 Å². The molecule has 0 amide bonds. The van der Waals surface area contributed by atoms with Crippen LogP contribution in [-0.2, 0) is 6.42 Å². The average molecular weight is 290 g/mol. The van der Waals surface area contributed by atoms with Gasteiger partial charge in [0.05, 0.1) is 0 Å². The van der Waals surface area contributed by atoms with Crippen LogP contribution in [0.3, 0.4) is 0 Å². The Morgan fingerprint density at radius 1 is 1.05 bits per heavy atom. The number of aryl methyl sites for hydroxylation is 1. The van der Waals surface area contributed by atoms with E-state index in [1.54, 1.807) is 0 Å². The van der Waals surface area contributed by atoms with Gasteiger partial charge >= 0.3 is 0 Å². The Hall–Kier alpha value is -0.820. The molecule has 21 heavy (non-hydrogen) atoms. The van der Waals surface area contributed by atoms with E-state index in [2.05, 4.69) is 64.2 Å². The molecule has 2 atom stereocenters. The van der Waals surface area contributed by atoms with Gasteiger partial charge in [-0.3, -0.25) is 0 Å². The van der Waals surface area contributed by atoms with Gasteiger partial charge in [0, 0.05) is 0 Å². The minimum absolute atomic E-state index is 0.733. The fourth-order valence-electron chi connectivity index (χ4n) is 3.14. The molecule has 1 aromatic rings. The van der Waals surface area contributed by atoms with Crippen LogP contribution >= 0.6 is 0 Å². The van der Waals surface area contributed by atoms with Crippen molar-refractivity contribution in [2.24, 2.45) is 17.8 Å². The molecule has 0 saturated heterocycles. The molecule has 2 unspecified atom stereocenters. The van der Waals surface area contributed by atoms with Crippen LogP contribution in [-0.4, -0.2) is 13.1 Å². The van der Waals surface area contributed by atoms with Crippen LogP contribution in [0.25, 0.3) is 0 Å². The molecule has 0 heterocycles. The van der Waals surface area contributed by atoms with Crippen molar-refractivity contribution in [1.82, 2.24) is 5.32 Å². The van der Waals surface area contributed by atoms with Crippen LogP contribution in [0.5, 0.6) is 0 Å². The van der Waals surface area contributed by atoms with Crippen molar-refractivity contribution in [3.8, 4) is 0 Å². The van der Waals surface area contributed by atoms with E-state index < -0.39 is 0 Å². The fraction of sp³-hybridized carbons (Fsp3) is 0.700. The fourth-order valence-corrected chi connectivity index (χ4v) is 3.14. The van der Waals surface area contributed by atoms with Crippen LogP contribution in [0.4, 0.5) is 0 Å². The van der Waals surface area contributed by atoms with Crippen molar-refractivity contribution in [1.29, 1.82) is 0 Å². The highest BCUT2D eigenvalue weighted by molar-refractivity contribution is 5.25. The highest BCUT2D eigenvalue weighted by Gasteiger charge is 2.14. The molecule has 120 valence electrons. The van der Waals surface area contributed by atoms with E-state index in [9.17, 15) is 0 Å². The third-order valence-electron chi connectivity index (χ3n) is 4.27. The van der Waals surface area contributed by atoms with Crippen molar-refractivity contribution in [3.05, 3.63) is 35.4 Å². The van der Waals surface area contributed by atoms with Gasteiger partial charge in [-0.1, -0.05) is 64.8 Å². The predicted molar refractivity (Wildman–Crippen MR) is 94.8 cm³/mol. The van der Waals surface area contributed by atoms with Crippen molar-refractivity contribution < 1.29 is 0 Å². The first-order chi connectivity index (χ1) is 10.0. The standard InChI is InChI=1S/C20H35N/c1-6-9-17(4)12-19(15-21-14-16(2)3)13-20-11-8-7-10-18(20)5/h7-8,10-11,16-17,19,21H,6,9,12-15H2,1-5H3. The van der Waals surface area contributed by atoms with E-state index >= 15 is 0 Å². The third kappa shape index (κ3) is 7.66. The zero-order valence-corrected chi connectivity index (χ0v) is 14.8. The predicted octanol–water partition coefficient (Wildman–Crippen LogP) is 5.23. The zero-order chi connectivity index (χ0) is 15.7. The molecule has 0 bridgehead atoms. The smallest absolute Gasteiger partial charge is 0.00171 e. The van der Waals surface area contributed by atoms with Gasteiger partial charge in [0.1, 0.15) is 0 Å². The number of benzene rings is 1. The summed E-state index contributed by atoms with van der Waals surface area (Å²) >= 11 is 0. The molecular weight excluding hydrogens is 254 g/mol. The molecule has 0 fully saturated rings. The molecular formula is C20H35N.